The first-order valence-corrected chi connectivity index (χ1v) is 7.13. The van der Waals surface area contributed by atoms with Gasteiger partial charge in [0.2, 0.25) is 0 Å². The summed E-state index contributed by atoms with van der Waals surface area (Å²) in [6, 6.07) is 2.60. The molecule has 2 N–H and O–H groups in total. The first kappa shape index (κ1) is 12.5. The topological polar surface area (TPSA) is 53.9 Å². The molecule has 0 fully saturated rings. The van der Waals surface area contributed by atoms with Gasteiger partial charge in [-0.05, 0) is 50.8 Å². The number of nitrogens with zero attached hydrogens (tertiary/aromatic N) is 1. The average Bonchev–Trinajstić information content (AvgIpc) is 3.04. The van der Waals surface area contributed by atoms with E-state index in [0.29, 0.717) is 6.04 Å². The van der Waals surface area contributed by atoms with Crippen LogP contribution in [0.2, 0.25) is 0 Å². The van der Waals surface area contributed by atoms with Crippen molar-refractivity contribution in [1.82, 2.24) is 15.5 Å². The molecule has 1 unspecified atom stereocenters. The van der Waals surface area contributed by atoms with E-state index in [2.05, 4.69) is 28.5 Å². The summed E-state index contributed by atoms with van der Waals surface area (Å²) in [5.41, 5.74) is 3.88. The largest absolute Gasteiger partial charge is 0.469 e. The number of aromatic nitrogens is 2. The Morgan fingerprint density at radius 3 is 3.32 bits per heavy atom. The second-order valence-electron chi connectivity index (χ2n) is 5.32. The number of aromatic amines is 1. The molecule has 2 aromatic heterocycles. The van der Waals surface area contributed by atoms with Gasteiger partial charge in [-0.1, -0.05) is 0 Å². The number of aryl methyl sites for hydroxylation is 3. The van der Waals surface area contributed by atoms with Crippen LogP contribution in [0.3, 0.4) is 0 Å². The van der Waals surface area contributed by atoms with Crippen LogP contribution in [0.4, 0.5) is 0 Å². The number of furan rings is 1. The summed E-state index contributed by atoms with van der Waals surface area (Å²) < 4.78 is 5.51. The van der Waals surface area contributed by atoms with Crippen molar-refractivity contribution >= 4 is 0 Å². The highest BCUT2D eigenvalue weighted by Crippen LogP contribution is 2.30. The third-order valence-electron chi connectivity index (χ3n) is 4.00. The van der Waals surface area contributed by atoms with Crippen LogP contribution in [-0.4, -0.2) is 16.7 Å². The fourth-order valence-electron chi connectivity index (χ4n) is 2.88. The molecule has 4 heteroatoms. The van der Waals surface area contributed by atoms with Crippen LogP contribution in [0.5, 0.6) is 0 Å². The predicted molar refractivity (Wildman–Crippen MR) is 74.0 cm³/mol. The molecule has 1 aliphatic rings. The molecule has 0 amide bonds. The highest BCUT2D eigenvalue weighted by Gasteiger charge is 2.21. The molecular formula is C15H21N3O. The van der Waals surface area contributed by atoms with E-state index in [-0.39, 0.29) is 0 Å². The second kappa shape index (κ2) is 5.61. The van der Waals surface area contributed by atoms with E-state index >= 15 is 0 Å². The third kappa shape index (κ3) is 2.73. The molecule has 2 heterocycles. The van der Waals surface area contributed by atoms with Gasteiger partial charge in [0.05, 0.1) is 12.5 Å². The summed E-state index contributed by atoms with van der Waals surface area (Å²) in [4.78, 5) is 0. The molecule has 4 nitrogen and oxygen atoms in total. The first-order valence-electron chi connectivity index (χ1n) is 7.13. The smallest absolute Gasteiger partial charge is 0.108 e. The van der Waals surface area contributed by atoms with Crippen LogP contribution >= 0.6 is 0 Å². The van der Waals surface area contributed by atoms with Gasteiger partial charge in [0.15, 0.2) is 0 Å². The van der Waals surface area contributed by atoms with Crippen LogP contribution < -0.4 is 5.32 Å². The SMILES string of the molecule is Cc1[nH]ncc1CCCNC1CCCc2occc21. The Bertz CT molecular complexity index is 529. The van der Waals surface area contributed by atoms with E-state index in [1.807, 2.05) is 12.5 Å². The number of hydrogen-bond acceptors (Lipinski definition) is 3. The van der Waals surface area contributed by atoms with Crippen LogP contribution in [0, 0.1) is 6.92 Å². The van der Waals surface area contributed by atoms with Gasteiger partial charge in [-0.2, -0.15) is 5.10 Å². The van der Waals surface area contributed by atoms with Crippen molar-refractivity contribution in [3.05, 3.63) is 41.1 Å². The summed E-state index contributed by atoms with van der Waals surface area (Å²) in [5.74, 6) is 1.18. The molecular weight excluding hydrogens is 238 g/mol. The minimum atomic E-state index is 0.480. The second-order valence-corrected chi connectivity index (χ2v) is 5.32. The third-order valence-corrected chi connectivity index (χ3v) is 4.00. The van der Waals surface area contributed by atoms with Crippen molar-refractivity contribution in [1.29, 1.82) is 0 Å². The van der Waals surface area contributed by atoms with Crippen molar-refractivity contribution in [2.45, 2.75) is 45.1 Å². The molecule has 1 aliphatic carbocycles. The summed E-state index contributed by atoms with van der Waals surface area (Å²) in [6.07, 6.45) is 9.51. The quantitative estimate of drug-likeness (QED) is 0.812. The number of H-pyrrole nitrogens is 1. The van der Waals surface area contributed by atoms with Gasteiger partial charge in [0.1, 0.15) is 5.76 Å². The lowest BCUT2D eigenvalue weighted by molar-refractivity contribution is 0.410. The number of hydrogen-bond donors (Lipinski definition) is 2. The Morgan fingerprint density at radius 1 is 1.53 bits per heavy atom. The lowest BCUT2D eigenvalue weighted by Gasteiger charge is -2.22. The molecule has 0 spiro atoms. The maximum absolute atomic E-state index is 5.51. The van der Waals surface area contributed by atoms with Gasteiger partial charge in [-0.15, -0.1) is 0 Å². The van der Waals surface area contributed by atoms with Gasteiger partial charge < -0.3 is 9.73 Å². The molecule has 102 valence electrons. The van der Waals surface area contributed by atoms with Crippen molar-refractivity contribution in [2.24, 2.45) is 0 Å². The molecule has 0 radical (unpaired) electrons. The number of fused-ring (bicyclic) bond motifs is 1. The zero-order valence-electron chi connectivity index (χ0n) is 11.4. The van der Waals surface area contributed by atoms with Crippen LogP contribution in [0.25, 0.3) is 0 Å². The zero-order valence-corrected chi connectivity index (χ0v) is 11.4. The van der Waals surface area contributed by atoms with E-state index in [1.54, 1.807) is 0 Å². The Balaban J connectivity index is 1.48. The number of nitrogens with one attached hydrogen (secondary N) is 2. The van der Waals surface area contributed by atoms with Gasteiger partial charge in [-0.25, -0.2) is 0 Å². The Morgan fingerprint density at radius 2 is 2.47 bits per heavy atom. The van der Waals surface area contributed by atoms with Crippen LogP contribution in [-0.2, 0) is 12.8 Å². The fraction of sp³-hybridized carbons (Fsp3) is 0.533. The summed E-state index contributed by atoms with van der Waals surface area (Å²) >= 11 is 0. The van der Waals surface area contributed by atoms with Gasteiger partial charge in [-0.3, -0.25) is 5.10 Å². The maximum Gasteiger partial charge on any atom is 0.108 e. The molecule has 0 bridgehead atoms. The Hall–Kier alpha value is -1.55. The monoisotopic (exact) mass is 259 g/mol. The average molecular weight is 259 g/mol. The van der Waals surface area contributed by atoms with Crippen molar-refractivity contribution in [2.75, 3.05) is 6.54 Å². The van der Waals surface area contributed by atoms with Crippen LogP contribution in [0.15, 0.2) is 22.9 Å². The molecule has 19 heavy (non-hydrogen) atoms. The highest BCUT2D eigenvalue weighted by atomic mass is 16.3. The normalized spacial score (nSPS) is 18.5. The van der Waals surface area contributed by atoms with E-state index in [1.165, 1.54) is 35.4 Å². The predicted octanol–water partition coefficient (Wildman–Crippen LogP) is 2.91. The zero-order chi connectivity index (χ0) is 13.1. The molecule has 1 atom stereocenters. The fourth-order valence-corrected chi connectivity index (χ4v) is 2.88. The molecule has 0 aromatic carbocycles. The van der Waals surface area contributed by atoms with Gasteiger partial charge >= 0.3 is 0 Å². The summed E-state index contributed by atoms with van der Waals surface area (Å²) in [5, 5.41) is 10.7. The molecule has 0 saturated carbocycles. The first-order chi connectivity index (χ1) is 9.34. The molecule has 2 aromatic rings. The minimum Gasteiger partial charge on any atom is -0.469 e. The van der Waals surface area contributed by atoms with Crippen molar-refractivity contribution < 1.29 is 4.42 Å². The van der Waals surface area contributed by atoms with E-state index in [9.17, 15) is 0 Å². The highest BCUT2D eigenvalue weighted by molar-refractivity contribution is 5.24. The van der Waals surface area contributed by atoms with Crippen LogP contribution in [0.1, 0.15) is 47.9 Å². The van der Waals surface area contributed by atoms with Crippen molar-refractivity contribution in [3.63, 3.8) is 0 Å². The maximum atomic E-state index is 5.51. The van der Waals surface area contributed by atoms with Gasteiger partial charge in [0, 0.05) is 23.7 Å². The lowest BCUT2D eigenvalue weighted by Crippen LogP contribution is -2.25. The molecule has 0 aliphatic heterocycles. The summed E-state index contributed by atoms with van der Waals surface area (Å²) in [6.45, 7) is 3.12. The molecule has 3 rings (SSSR count). The summed E-state index contributed by atoms with van der Waals surface area (Å²) in [7, 11) is 0. The van der Waals surface area contributed by atoms with Crippen molar-refractivity contribution in [3.8, 4) is 0 Å². The Kier molecular flexibility index (Phi) is 3.69. The molecule has 0 saturated heterocycles. The number of rotatable bonds is 5. The van der Waals surface area contributed by atoms with E-state index in [0.717, 1.165) is 25.8 Å². The lowest BCUT2D eigenvalue weighted by atomic mass is 9.93. The standard InChI is InChI=1S/C15H21N3O/c1-11-12(10-17-18-11)4-3-8-16-14-5-2-6-15-13(14)7-9-19-15/h7,9-10,14,16H,2-6,8H2,1H3,(H,17,18). The van der Waals surface area contributed by atoms with Gasteiger partial charge in [0.25, 0.3) is 0 Å². The van der Waals surface area contributed by atoms with E-state index in [4.69, 9.17) is 4.42 Å². The minimum absolute atomic E-state index is 0.480. The van der Waals surface area contributed by atoms with E-state index < -0.39 is 0 Å². The Labute approximate surface area is 113 Å².